The number of carbonyl (C=O) groups excluding carboxylic acids is 1. The lowest BCUT2D eigenvalue weighted by Crippen LogP contribution is -2.11. The number of hydrogen-bond donors (Lipinski definition) is 2. The van der Waals surface area contributed by atoms with Crippen LogP contribution < -0.4 is 10.6 Å². The van der Waals surface area contributed by atoms with E-state index in [1.54, 1.807) is 18.2 Å². The lowest BCUT2D eigenvalue weighted by molar-refractivity contribution is -0.385. The summed E-state index contributed by atoms with van der Waals surface area (Å²) >= 11 is 0. The Morgan fingerprint density at radius 3 is 2.14 bits per heavy atom. The molecule has 0 aliphatic heterocycles. The van der Waals surface area contributed by atoms with Crippen molar-refractivity contribution in [3.8, 4) is 0 Å². The van der Waals surface area contributed by atoms with Gasteiger partial charge in [0.15, 0.2) is 0 Å². The zero-order valence-electron chi connectivity index (χ0n) is 15.3. The lowest BCUT2D eigenvalue weighted by Gasteiger charge is -2.09. The number of para-hydroxylation sites is 2. The summed E-state index contributed by atoms with van der Waals surface area (Å²) in [6.45, 7) is 0. The molecule has 0 atom stereocenters. The van der Waals surface area contributed by atoms with Crippen LogP contribution in [-0.4, -0.2) is 10.8 Å². The van der Waals surface area contributed by atoms with E-state index in [9.17, 15) is 14.9 Å². The van der Waals surface area contributed by atoms with Crippen molar-refractivity contribution >= 4 is 28.7 Å². The summed E-state index contributed by atoms with van der Waals surface area (Å²) in [5.41, 5.74) is 3.39. The first-order valence-corrected chi connectivity index (χ1v) is 9.06. The molecule has 6 heteroatoms. The largest absolute Gasteiger partial charge is 0.356 e. The summed E-state index contributed by atoms with van der Waals surface area (Å²) in [5, 5.41) is 17.2. The highest BCUT2D eigenvalue weighted by Gasteiger charge is 2.12. The van der Waals surface area contributed by atoms with Gasteiger partial charge in [-0.05, 0) is 49.2 Å². The van der Waals surface area contributed by atoms with Crippen molar-refractivity contribution in [2.75, 3.05) is 10.6 Å². The molecule has 28 heavy (non-hydrogen) atoms. The number of nitrogens with zero attached hydrogens (tertiary/aromatic N) is 1. The number of hydrogen-bond acceptors (Lipinski definition) is 4. The molecule has 0 radical (unpaired) electrons. The van der Waals surface area contributed by atoms with Crippen LogP contribution in [0.3, 0.4) is 0 Å². The molecule has 3 aromatic carbocycles. The molecular weight excluding hydrogens is 354 g/mol. The normalized spacial score (nSPS) is 10.3. The van der Waals surface area contributed by atoms with Crippen LogP contribution in [0, 0.1) is 10.1 Å². The second-order valence-electron chi connectivity index (χ2n) is 6.36. The summed E-state index contributed by atoms with van der Waals surface area (Å²) in [6.07, 6.45) is 1.34. The van der Waals surface area contributed by atoms with Crippen LogP contribution in [0.1, 0.15) is 18.4 Å². The summed E-state index contributed by atoms with van der Waals surface area (Å²) < 4.78 is 0. The van der Waals surface area contributed by atoms with E-state index in [-0.39, 0.29) is 16.5 Å². The number of nitrogens with one attached hydrogen (secondary N) is 2. The number of aryl methyl sites for hydroxylation is 1. The zero-order valence-corrected chi connectivity index (χ0v) is 15.3. The summed E-state index contributed by atoms with van der Waals surface area (Å²) in [6, 6.07) is 23.9. The van der Waals surface area contributed by atoms with Gasteiger partial charge in [-0.3, -0.25) is 14.9 Å². The van der Waals surface area contributed by atoms with Crippen molar-refractivity contribution in [3.05, 3.63) is 94.5 Å². The monoisotopic (exact) mass is 375 g/mol. The summed E-state index contributed by atoms with van der Waals surface area (Å²) in [4.78, 5) is 22.8. The Morgan fingerprint density at radius 1 is 0.821 bits per heavy atom. The SMILES string of the molecule is O=C(CCCc1ccccc1[N+](=O)[O-])Nc1ccc(Nc2ccccc2)cc1. The van der Waals surface area contributed by atoms with Crippen LogP contribution in [0.15, 0.2) is 78.9 Å². The van der Waals surface area contributed by atoms with Crippen LogP contribution in [0.5, 0.6) is 0 Å². The molecule has 0 aliphatic carbocycles. The quantitative estimate of drug-likeness (QED) is 0.413. The number of benzene rings is 3. The van der Waals surface area contributed by atoms with E-state index in [2.05, 4.69) is 10.6 Å². The third-order valence-corrected chi connectivity index (χ3v) is 4.27. The molecule has 0 fully saturated rings. The van der Waals surface area contributed by atoms with E-state index in [1.807, 2.05) is 54.6 Å². The van der Waals surface area contributed by atoms with Crippen molar-refractivity contribution in [1.29, 1.82) is 0 Å². The molecule has 0 aliphatic rings. The average molecular weight is 375 g/mol. The van der Waals surface area contributed by atoms with Gasteiger partial charge in [-0.15, -0.1) is 0 Å². The van der Waals surface area contributed by atoms with Crippen molar-refractivity contribution in [1.82, 2.24) is 0 Å². The first-order valence-electron chi connectivity index (χ1n) is 9.06. The standard InChI is InChI=1S/C22H21N3O3/c26-22(12-6-8-17-7-4-5-11-21(17)25(27)28)24-20-15-13-19(14-16-20)23-18-9-2-1-3-10-18/h1-5,7,9-11,13-16,23H,6,8,12H2,(H,24,26). The molecule has 3 rings (SSSR count). The van der Waals surface area contributed by atoms with Gasteiger partial charge in [-0.2, -0.15) is 0 Å². The zero-order chi connectivity index (χ0) is 19.8. The van der Waals surface area contributed by atoms with Gasteiger partial charge in [-0.1, -0.05) is 36.4 Å². The third-order valence-electron chi connectivity index (χ3n) is 4.27. The predicted molar refractivity (Wildman–Crippen MR) is 111 cm³/mol. The van der Waals surface area contributed by atoms with Gasteiger partial charge in [-0.25, -0.2) is 0 Å². The Morgan fingerprint density at radius 2 is 1.43 bits per heavy atom. The molecule has 0 saturated heterocycles. The van der Waals surface area contributed by atoms with Gasteiger partial charge in [0.25, 0.3) is 5.69 Å². The molecule has 6 nitrogen and oxygen atoms in total. The molecule has 0 heterocycles. The van der Waals surface area contributed by atoms with E-state index in [1.165, 1.54) is 6.07 Å². The second-order valence-corrected chi connectivity index (χ2v) is 6.36. The van der Waals surface area contributed by atoms with Crippen LogP contribution in [0.25, 0.3) is 0 Å². The number of amides is 1. The molecule has 0 saturated carbocycles. The molecule has 0 spiro atoms. The molecule has 0 aromatic heterocycles. The smallest absolute Gasteiger partial charge is 0.272 e. The van der Waals surface area contributed by atoms with E-state index in [0.29, 0.717) is 30.5 Å². The Bertz CT molecular complexity index is 941. The van der Waals surface area contributed by atoms with Gasteiger partial charge in [0.05, 0.1) is 4.92 Å². The molecule has 0 unspecified atom stereocenters. The highest BCUT2D eigenvalue weighted by Crippen LogP contribution is 2.21. The Kier molecular flexibility index (Phi) is 6.36. The number of nitro benzene ring substituents is 1. The number of carbonyl (C=O) groups is 1. The Hall–Kier alpha value is -3.67. The van der Waals surface area contributed by atoms with Gasteiger partial charge in [0, 0.05) is 35.1 Å². The summed E-state index contributed by atoms with van der Waals surface area (Å²) in [7, 11) is 0. The molecule has 2 N–H and O–H groups in total. The van der Waals surface area contributed by atoms with Crippen LogP contribution >= 0.6 is 0 Å². The van der Waals surface area contributed by atoms with E-state index in [4.69, 9.17) is 0 Å². The Balaban J connectivity index is 1.48. The van der Waals surface area contributed by atoms with Crippen LogP contribution in [0.4, 0.5) is 22.7 Å². The maximum atomic E-state index is 12.1. The van der Waals surface area contributed by atoms with Gasteiger partial charge in [0.1, 0.15) is 0 Å². The number of anilines is 3. The molecule has 1 amide bonds. The van der Waals surface area contributed by atoms with Crippen molar-refractivity contribution in [2.45, 2.75) is 19.3 Å². The fraction of sp³-hybridized carbons (Fsp3) is 0.136. The van der Waals surface area contributed by atoms with Crippen molar-refractivity contribution in [2.24, 2.45) is 0 Å². The molecule has 3 aromatic rings. The summed E-state index contributed by atoms with van der Waals surface area (Å²) in [5.74, 6) is -0.109. The maximum Gasteiger partial charge on any atom is 0.272 e. The van der Waals surface area contributed by atoms with E-state index >= 15 is 0 Å². The third kappa shape index (κ3) is 5.41. The van der Waals surface area contributed by atoms with Crippen molar-refractivity contribution < 1.29 is 9.72 Å². The topological polar surface area (TPSA) is 84.3 Å². The minimum atomic E-state index is -0.388. The first-order chi connectivity index (χ1) is 13.6. The fourth-order valence-corrected chi connectivity index (χ4v) is 2.89. The molecule has 0 bridgehead atoms. The highest BCUT2D eigenvalue weighted by atomic mass is 16.6. The molecule has 142 valence electrons. The minimum absolute atomic E-state index is 0.101. The predicted octanol–water partition coefficient (Wildman–Crippen LogP) is 5.30. The van der Waals surface area contributed by atoms with Crippen molar-refractivity contribution in [3.63, 3.8) is 0 Å². The van der Waals surface area contributed by atoms with Crippen LogP contribution in [0.2, 0.25) is 0 Å². The van der Waals surface area contributed by atoms with Crippen LogP contribution in [-0.2, 0) is 11.2 Å². The highest BCUT2D eigenvalue weighted by molar-refractivity contribution is 5.90. The van der Waals surface area contributed by atoms with Gasteiger partial charge >= 0.3 is 0 Å². The second kappa shape index (κ2) is 9.32. The minimum Gasteiger partial charge on any atom is -0.356 e. The molecular formula is C22H21N3O3. The lowest BCUT2D eigenvalue weighted by atomic mass is 10.1. The fourth-order valence-electron chi connectivity index (χ4n) is 2.89. The number of nitro groups is 1. The van der Waals surface area contributed by atoms with Gasteiger partial charge in [0.2, 0.25) is 5.91 Å². The number of rotatable bonds is 8. The first kappa shape index (κ1) is 19.1. The maximum absolute atomic E-state index is 12.1. The average Bonchev–Trinajstić information content (AvgIpc) is 2.70. The van der Waals surface area contributed by atoms with Gasteiger partial charge < -0.3 is 10.6 Å². The van der Waals surface area contributed by atoms with E-state index in [0.717, 1.165) is 11.4 Å². The Labute approximate surface area is 163 Å². The van der Waals surface area contributed by atoms with E-state index < -0.39 is 0 Å².